The van der Waals surface area contributed by atoms with E-state index in [1.807, 2.05) is 53.4 Å². The Morgan fingerprint density at radius 1 is 0.971 bits per heavy atom. The minimum atomic E-state index is -1.00. The Morgan fingerprint density at radius 3 is 2.24 bits per heavy atom. The number of nitriles is 1. The average Bonchev–Trinajstić information content (AvgIpc) is 3.38. The van der Waals surface area contributed by atoms with E-state index in [2.05, 4.69) is 11.0 Å². The molecule has 8 nitrogen and oxygen atoms in total. The molecule has 1 atom stereocenters. The van der Waals surface area contributed by atoms with Crippen LogP contribution in [0.15, 0.2) is 48.5 Å². The van der Waals surface area contributed by atoms with Crippen molar-refractivity contribution in [3.05, 3.63) is 54.1 Å². The number of likely N-dealkylation sites (tertiary alicyclic amines) is 1. The van der Waals surface area contributed by atoms with Crippen LogP contribution in [0.5, 0.6) is 5.75 Å². The summed E-state index contributed by atoms with van der Waals surface area (Å²) in [6, 6.07) is 17.1. The van der Waals surface area contributed by atoms with E-state index < -0.39 is 12.1 Å². The Labute approximate surface area is 199 Å². The van der Waals surface area contributed by atoms with Gasteiger partial charge in [0.2, 0.25) is 5.91 Å². The van der Waals surface area contributed by atoms with Crippen molar-refractivity contribution in [2.24, 2.45) is 0 Å². The molecular formula is C26H30N4O4. The van der Waals surface area contributed by atoms with E-state index in [4.69, 9.17) is 10.00 Å². The van der Waals surface area contributed by atoms with Crippen LogP contribution in [0, 0.1) is 11.3 Å². The Bertz CT molecular complexity index is 1020. The van der Waals surface area contributed by atoms with E-state index in [0.29, 0.717) is 38.2 Å². The fourth-order valence-corrected chi connectivity index (χ4v) is 4.61. The molecule has 2 heterocycles. The van der Waals surface area contributed by atoms with E-state index in [1.165, 1.54) is 4.90 Å². The molecule has 0 saturated carbocycles. The summed E-state index contributed by atoms with van der Waals surface area (Å²) in [5, 5.41) is 18.2. The van der Waals surface area contributed by atoms with Crippen LogP contribution in [0.3, 0.4) is 0 Å². The molecule has 8 heteroatoms. The average molecular weight is 463 g/mol. The molecule has 2 amide bonds. The van der Waals surface area contributed by atoms with Crippen molar-refractivity contribution in [3.8, 4) is 22.9 Å². The van der Waals surface area contributed by atoms with E-state index in [0.717, 1.165) is 49.4 Å². The van der Waals surface area contributed by atoms with Crippen molar-refractivity contribution in [1.82, 2.24) is 14.7 Å². The number of hydrogen-bond donors (Lipinski definition) is 1. The topological polar surface area (TPSA) is 97.1 Å². The predicted octanol–water partition coefficient (Wildman–Crippen LogP) is 3.28. The summed E-state index contributed by atoms with van der Waals surface area (Å²) in [7, 11) is 0. The van der Waals surface area contributed by atoms with Crippen molar-refractivity contribution in [2.75, 3.05) is 45.9 Å². The van der Waals surface area contributed by atoms with Crippen LogP contribution < -0.4 is 4.74 Å². The van der Waals surface area contributed by atoms with Gasteiger partial charge in [-0.1, -0.05) is 24.3 Å². The first-order chi connectivity index (χ1) is 16.5. The molecule has 1 N–H and O–H groups in total. The molecule has 34 heavy (non-hydrogen) atoms. The lowest BCUT2D eigenvalue weighted by Gasteiger charge is -2.36. The Hall–Kier alpha value is -3.57. The number of rotatable bonds is 7. The highest BCUT2D eigenvalue weighted by molar-refractivity contribution is 5.86. The maximum atomic E-state index is 12.8. The smallest absolute Gasteiger partial charge is 0.407 e. The van der Waals surface area contributed by atoms with Gasteiger partial charge >= 0.3 is 6.09 Å². The fourth-order valence-electron chi connectivity index (χ4n) is 4.61. The molecule has 2 saturated heterocycles. The zero-order valence-electron chi connectivity index (χ0n) is 19.2. The standard InChI is InChI=1S/C26H30N4O4/c27-19-20-4-6-21(7-5-20)22-8-10-23(11-9-22)34-18-2-12-28-14-16-29(17-15-28)25(31)24-3-1-13-30(24)26(32)33/h4-11,24H,1-3,12-18H2,(H,32,33)/t24-/m1/s1. The lowest BCUT2D eigenvalue weighted by molar-refractivity contribution is -0.137. The van der Waals surface area contributed by atoms with E-state index in [-0.39, 0.29) is 5.91 Å². The van der Waals surface area contributed by atoms with Gasteiger partial charge in [-0.3, -0.25) is 14.6 Å². The summed E-state index contributed by atoms with van der Waals surface area (Å²) in [6.45, 7) is 4.83. The second kappa shape index (κ2) is 11.0. The van der Waals surface area contributed by atoms with Crippen LogP contribution in [-0.4, -0.2) is 83.7 Å². The fraction of sp³-hybridized carbons (Fsp3) is 0.423. The number of nitrogens with zero attached hydrogens (tertiary/aromatic N) is 4. The molecule has 4 rings (SSSR count). The zero-order chi connectivity index (χ0) is 23.9. The SMILES string of the molecule is N#Cc1ccc(-c2ccc(OCCCN3CCN(C(=O)[C@H]4CCCN4C(=O)O)CC3)cc2)cc1. The second-order valence-corrected chi connectivity index (χ2v) is 8.72. The van der Waals surface area contributed by atoms with E-state index >= 15 is 0 Å². The summed E-state index contributed by atoms with van der Waals surface area (Å²) in [5.74, 6) is 0.777. The summed E-state index contributed by atoms with van der Waals surface area (Å²) in [4.78, 5) is 29.5. The highest BCUT2D eigenvalue weighted by Crippen LogP contribution is 2.23. The lowest BCUT2D eigenvalue weighted by atomic mass is 10.0. The van der Waals surface area contributed by atoms with Gasteiger partial charge in [-0.05, 0) is 54.7 Å². The third-order valence-electron chi connectivity index (χ3n) is 6.56. The molecule has 2 aliphatic rings. The quantitative estimate of drug-likeness (QED) is 0.635. The van der Waals surface area contributed by atoms with Gasteiger partial charge in [-0.2, -0.15) is 5.26 Å². The molecule has 178 valence electrons. The van der Waals surface area contributed by atoms with Crippen LogP contribution in [0.25, 0.3) is 11.1 Å². The molecule has 0 aliphatic carbocycles. The van der Waals surface area contributed by atoms with Crippen LogP contribution in [-0.2, 0) is 4.79 Å². The molecule has 2 aromatic carbocycles. The van der Waals surface area contributed by atoms with Gasteiger partial charge in [0.05, 0.1) is 18.2 Å². The van der Waals surface area contributed by atoms with Gasteiger partial charge in [0.1, 0.15) is 11.8 Å². The summed E-state index contributed by atoms with van der Waals surface area (Å²) in [5.41, 5.74) is 2.79. The monoisotopic (exact) mass is 462 g/mol. The molecule has 0 unspecified atom stereocenters. The number of amides is 2. The lowest BCUT2D eigenvalue weighted by Crippen LogP contribution is -2.54. The number of carbonyl (C=O) groups excluding carboxylic acids is 1. The number of ether oxygens (including phenoxy) is 1. The minimum absolute atomic E-state index is 0.0488. The summed E-state index contributed by atoms with van der Waals surface area (Å²) < 4.78 is 5.89. The van der Waals surface area contributed by atoms with E-state index in [1.54, 1.807) is 0 Å². The van der Waals surface area contributed by atoms with Crippen LogP contribution in [0.4, 0.5) is 4.79 Å². The number of benzene rings is 2. The molecule has 0 bridgehead atoms. The number of carbonyl (C=O) groups is 2. The van der Waals surface area contributed by atoms with Crippen molar-refractivity contribution in [3.63, 3.8) is 0 Å². The van der Waals surface area contributed by atoms with Crippen LogP contribution in [0.2, 0.25) is 0 Å². The molecular weight excluding hydrogens is 432 g/mol. The van der Waals surface area contributed by atoms with Gasteiger partial charge < -0.3 is 14.7 Å². The van der Waals surface area contributed by atoms with Gasteiger partial charge in [-0.25, -0.2) is 4.79 Å². The maximum absolute atomic E-state index is 12.8. The van der Waals surface area contributed by atoms with Gasteiger partial charge in [0.25, 0.3) is 0 Å². The third kappa shape index (κ3) is 5.67. The molecule has 2 aliphatic heterocycles. The molecule has 0 radical (unpaired) electrons. The highest BCUT2D eigenvalue weighted by atomic mass is 16.5. The van der Waals surface area contributed by atoms with Gasteiger partial charge in [0.15, 0.2) is 0 Å². The van der Waals surface area contributed by atoms with Crippen LogP contribution >= 0.6 is 0 Å². The molecule has 0 spiro atoms. The van der Waals surface area contributed by atoms with Crippen molar-refractivity contribution < 1.29 is 19.4 Å². The molecule has 2 fully saturated rings. The summed E-state index contributed by atoms with van der Waals surface area (Å²) >= 11 is 0. The highest BCUT2D eigenvalue weighted by Gasteiger charge is 2.37. The zero-order valence-corrected chi connectivity index (χ0v) is 19.2. The summed E-state index contributed by atoms with van der Waals surface area (Å²) in [6.07, 6.45) is 1.26. The first-order valence-corrected chi connectivity index (χ1v) is 11.8. The van der Waals surface area contributed by atoms with Crippen molar-refractivity contribution in [2.45, 2.75) is 25.3 Å². The Kier molecular flexibility index (Phi) is 7.65. The maximum Gasteiger partial charge on any atom is 0.407 e. The molecule has 0 aromatic heterocycles. The van der Waals surface area contributed by atoms with Gasteiger partial charge in [-0.15, -0.1) is 0 Å². The number of hydrogen-bond acceptors (Lipinski definition) is 5. The number of carboxylic acid groups (broad SMARTS) is 1. The van der Waals surface area contributed by atoms with Crippen molar-refractivity contribution >= 4 is 12.0 Å². The van der Waals surface area contributed by atoms with Gasteiger partial charge in [0, 0.05) is 39.3 Å². The first kappa shape index (κ1) is 23.6. The normalized spacial score (nSPS) is 18.5. The predicted molar refractivity (Wildman–Crippen MR) is 127 cm³/mol. The third-order valence-corrected chi connectivity index (χ3v) is 6.56. The van der Waals surface area contributed by atoms with Crippen LogP contribution in [0.1, 0.15) is 24.8 Å². The van der Waals surface area contributed by atoms with Crippen molar-refractivity contribution in [1.29, 1.82) is 5.26 Å². The first-order valence-electron chi connectivity index (χ1n) is 11.8. The van der Waals surface area contributed by atoms with E-state index in [9.17, 15) is 14.7 Å². The Balaban J connectivity index is 1.16. The second-order valence-electron chi connectivity index (χ2n) is 8.72. The number of piperazine rings is 1. The molecule has 2 aromatic rings. The largest absolute Gasteiger partial charge is 0.494 e. The Morgan fingerprint density at radius 2 is 1.62 bits per heavy atom. The minimum Gasteiger partial charge on any atom is -0.494 e.